The molecule has 2 rings (SSSR count). The lowest BCUT2D eigenvalue weighted by Crippen LogP contribution is -2.38. The fourth-order valence-electron chi connectivity index (χ4n) is 2.28. The number of aromatic nitrogens is 2. The van der Waals surface area contributed by atoms with E-state index in [0.717, 1.165) is 37.2 Å². The van der Waals surface area contributed by atoms with Gasteiger partial charge < -0.3 is 4.90 Å². The summed E-state index contributed by atoms with van der Waals surface area (Å²) in [7, 11) is 1.85. The van der Waals surface area contributed by atoms with E-state index in [1.54, 1.807) is 4.90 Å². The summed E-state index contributed by atoms with van der Waals surface area (Å²) < 4.78 is 1.85. The lowest BCUT2D eigenvalue weighted by Gasteiger charge is -2.25. The number of hydrogen-bond acceptors (Lipinski definition) is 2. The van der Waals surface area contributed by atoms with Crippen LogP contribution in [0.25, 0.3) is 0 Å². The molecule has 1 aliphatic rings. The molecule has 4 heteroatoms. The van der Waals surface area contributed by atoms with Crippen molar-refractivity contribution in [2.75, 3.05) is 13.6 Å². The quantitative estimate of drug-likeness (QED) is 0.781. The summed E-state index contributed by atoms with van der Waals surface area (Å²) in [5.74, 6) is 0.533. The fourth-order valence-corrected chi connectivity index (χ4v) is 2.28. The second-order valence-corrected chi connectivity index (χ2v) is 4.59. The summed E-state index contributed by atoms with van der Waals surface area (Å²) in [5, 5.41) is 4.31. The summed E-state index contributed by atoms with van der Waals surface area (Å²) in [6.45, 7) is 5.91. The van der Waals surface area contributed by atoms with Crippen molar-refractivity contribution < 1.29 is 4.79 Å². The Morgan fingerprint density at radius 2 is 2.25 bits per heavy atom. The van der Waals surface area contributed by atoms with E-state index >= 15 is 0 Å². The van der Waals surface area contributed by atoms with E-state index < -0.39 is 0 Å². The van der Waals surface area contributed by atoms with Crippen LogP contribution >= 0.6 is 0 Å². The van der Waals surface area contributed by atoms with Crippen molar-refractivity contribution in [1.82, 2.24) is 14.7 Å². The van der Waals surface area contributed by atoms with Gasteiger partial charge in [0.2, 0.25) is 0 Å². The minimum absolute atomic E-state index is 0.113. The van der Waals surface area contributed by atoms with Gasteiger partial charge in [-0.15, -0.1) is 0 Å². The second-order valence-electron chi connectivity index (χ2n) is 4.59. The van der Waals surface area contributed by atoms with E-state index in [1.807, 2.05) is 17.9 Å². The van der Waals surface area contributed by atoms with Gasteiger partial charge in [-0.3, -0.25) is 9.48 Å². The highest BCUT2D eigenvalue weighted by atomic mass is 16.2. The number of fused-ring (bicyclic) bond motifs is 1. The third kappa shape index (κ3) is 1.72. The van der Waals surface area contributed by atoms with Crippen LogP contribution in [0.15, 0.2) is 6.20 Å². The van der Waals surface area contributed by atoms with Crippen LogP contribution in [0.1, 0.15) is 48.7 Å². The lowest BCUT2D eigenvalue weighted by molar-refractivity contribution is 0.0740. The molecule has 16 heavy (non-hydrogen) atoms. The summed E-state index contributed by atoms with van der Waals surface area (Å²) in [6, 6.07) is 0. The van der Waals surface area contributed by atoms with Gasteiger partial charge in [0, 0.05) is 19.2 Å². The van der Waals surface area contributed by atoms with Crippen molar-refractivity contribution in [3.8, 4) is 0 Å². The molecule has 1 aliphatic heterocycles. The largest absolute Gasteiger partial charge is 0.339 e. The Hall–Kier alpha value is -1.32. The van der Waals surface area contributed by atoms with Crippen LogP contribution in [0.3, 0.4) is 0 Å². The second kappa shape index (κ2) is 4.28. The number of carbonyl (C=O) groups excluding carboxylic acids is 1. The van der Waals surface area contributed by atoms with Crippen molar-refractivity contribution >= 4 is 5.91 Å². The molecule has 1 aromatic rings. The number of rotatable bonds is 3. The number of nitrogens with zero attached hydrogens (tertiary/aromatic N) is 3. The smallest absolute Gasteiger partial charge is 0.272 e. The van der Waals surface area contributed by atoms with Crippen LogP contribution in [-0.4, -0.2) is 34.2 Å². The zero-order valence-corrected chi connectivity index (χ0v) is 10.2. The van der Waals surface area contributed by atoms with Crippen molar-refractivity contribution in [3.63, 3.8) is 0 Å². The lowest BCUT2D eigenvalue weighted by atomic mass is 9.96. The number of hydrogen-bond donors (Lipinski definition) is 0. The van der Waals surface area contributed by atoms with Crippen molar-refractivity contribution in [2.45, 2.75) is 39.2 Å². The third-order valence-electron chi connectivity index (χ3n) is 3.32. The SMILES string of the molecule is CCCC(C)c1cnn2c1C(=O)N(C)CC2. The van der Waals surface area contributed by atoms with Crippen LogP contribution in [0.4, 0.5) is 0 Å². The molecule has 0 bridgehead atoms. The Labute approximate surface area is 96.2 Å². The van der Waals surface area contributed by atoms with Crippen LogP contribution in [0.5, 0.6) is 0 Å². The normalized spacial score (nSPS) is 17.4. The summed E-state index contributed by atoms with van der Waals surface area (Å²) in [4.78, 5) is 13.8. The highest BCUT2D eigenvalue weighted by Gasteiger charge is 2.27. The molecular weight excluding hydrogens is 202 g/mol. The van der Waals surface area contributed by atoms with Gasteiger partial charge in [0.1, 0.15) is 5.69 Å². The van der Waals surface area contributed by atoms with E-state index in [0.29, 0.717) is 5.92 Å². The van der Waals surface area contributed by atoms with Gasteiger partial charge in [0.25, 0.3) is 5.91 Å². The monoisotopic (exact) mass is 221 g/mol. The first kappa shape index (κ1) is 11.2. The van der Waals surface area contributed by atoms with E-state index in [9.17, 15) is 4.79 Å². The van der Waals surface area contributed by atoms with Gasteiger partial charge >= 0.3 is 0 Å². The van der Waals surface area contributed by atoms with Gasteiger partial charge in [0.15, 0.2) is 0 Å². The highest BCUT2D eigenvalue weighted by molar-refractivity contribution is 5.94. The molecule has 2 heterocycles. The maximum atomic E-state index is 12.1. The Morgan fingerprint density at radius 1 is 1.50 bits per heavy atom. The van der Waals surface area contributed by atoms with E-state index in [-0.39, 0.29) is 5.91 Å². The Balaban J connectivity index is 2.35. The minimum Gasteiger partial charge on any atom is -0.339 e. The van der Waals surface area contributed by atoms with E-state index in [1.165, 1.54) is 0 Å². The molecule has 1 amide bonds. The fraction of sp³-hybridized carbons (Fsp3) is 0.667. The molecule has 1 atom stereocenters. The van der Waals surface area contributed by atoms with Gasteiger partial charge in [-0.1, -0.05) is 20.3 Å². The predicted molar refractivity (Wildman–Crippen MR) is 62.5 cm³/mol. The van der Waals surface area contributed by atoms with Crippen LogP contribution in [-0.2, 0) is 6.54 Å². The first-order valence-corrected chi connectivity index (χ1v) is 5.96. The van der Waals surface area contributed by atoms with Crippen LogP contribution in [0.2, 0.25) is 0 Å². The first-order chi connectivity index (χ1) is 7.65. The third-order valence-corrected chi connectivity index (χ3v) is 3.32. The van der Waals surface area contributed by atoms with Crippen molar-refractivity contribution in [2.24, 2.45) is 0 Å². The number of amides is 1. The molecule has 0 spiro atoms. The topological polar surface area (TPSA) is 38.1 Å². The summed E-state index contributed by atoms with van der Waals surface area (Å²) >= 11 is 0. The molecule has 88 valence electrons. The summed E-state index contributed by atoms with van der Waals surface area (Å²) in [5.41, 5.74) is 1.91. The molecular formula is C12H19N3O. The number of carbonyl (C=O) groups is 1. The highest BCUT2D eigenvalue weighted by Crippen LogP contribution is 2.26. The molecule has 0 radical (unpaired) electrons. The maximum Gasteiger partial charge on any atom is 0.272 e. The number of likely N-dealkylation sites (N-methyl/N-ethyl adjacent to an activating group) is 1. The van der Waals surface area contributed by atoms with Gasteiger partial charge in [0.05, 0.1) is 12.7 Å². The van der Waals surface area contributed by atoms with Gasteiger partial charge in [-0.25, -0.2) is 0 Å². The standard InChI is InChI=1S/C12H19N3O/c1-4-5-9(2)10-8-13-15-7-6-14(3)12(16)11(10)15/h8-9H,4-7H2,1-3H3. The Morgan fingerprint density at radius 3 is 2.94 bits per heavy atom. The molecule has 0 N–H and O–H groups in total. The average molecular weight is 221 g/mol. The minimum atomic E-state index is 0.113. The zero-order valence-electron chi connectivity index (χ0n) is 10.2. The van der Waals surface area contributed by atoms with Crippen LogP contribution < -0.4 is 0 Å². The summed E-state index contributed by atoms with van der Waals surface area (Å²) in [6.07, 6.45) is 4.11. The first-order valence-electron chi connectivity index (χ1n) is 5.96. The van der Waals surface area contributed by atoms with E-state index in [4.69, 9.17) is 0 Å². The molecule has 0 fully saturated rings. The zero-order chi connectivity index (χ0) is 11.7. The molecule has 0 saturated carbocycles. The molecule has 0 saturated heterocycles. The van der Waals surface area contributed by atoms with Crippen LogP contribution in [0, 0.1) is 0 Å². The van der Waals surface area contributed by atoms with Crippen molar-refractivity contribution in [3.05, 3.63) is 17.5 Å². The Kier molecular flexibility index (Phi) is 2.99. The molecule has 1 unspecified atom stereocenters. The van der Waals surface area contributed by atoms with Gasteiger partial charge in [-0.05, 0) is 12.3 Å². The molecule has 1 aromatic heterocycles. The molecule has 0 aromatic carbocycles. The average Bonchev–Trinajstić information content (AvgIpc) is 2.68. The van der Waals surface area contributed by atoms with Crippen molar-refractivity contribution in [1.29, 1.82) is 0 Å². The molecule has 0 aliphatic carbocycles. The van der Waals surface area contributed by atoms with Gasteiger partial charge in [-0.2, -0.15) is 5.10 Å². The predicted octanol–water partition coefficient (Wildman–Crippen LogP) is 1.87. The Bertz CT molecular complexity index is 397. The van der Waals surface area contributed by atoms with E-state index in [2.05, 4.69) is 18.9 Å². The maximum absolute atomic E-state index is 12.1. The molecule has 4 nitrogen and oxygen atoms in total.